The Morgan fingerprint density at radius 2 is 1.71 bits per heavy atom. The summed E-state index contributed by atoms with van der Waals surface area (Å²) >= 11 is 1.40. The molecule has 2 aromatic carbocycles. The van der Waals surface area contributed by atoms with Crippen LogP contribution in [-0.4, -0.2) is 27.2 Å². The first-order chi connectivity index (χ1) is 15.0. The Morgan fingerprint density at radius 3 is 2.45 bits per heavy atom. The van der Waals surface area contributed by atoms with Crippen LogP contribution in [0.15, 0.2) is 58.1 Å². The maximum atomic E-state index is 13.7. The van der Waals surface area contributed by atoms with Crippen molar-refractivity contribution >= 4 is 26.8 Å². The number of thiazole rings is 1. The monoisotopic (exact) mass is 432 g/mol. The minimum atomic E-state index is -0.353. The van der Waals surface area contributed by atoms with E-state index in [1.165, 1.54) is 15.9 Å². The van der Waals surface area contributed by atoms with E-state index in [-0.39, 0.29) is 11.2 Å². The van der Waals surface area contributed by atoms with E-state index >= 15 is 0 Å². The molecule has 1 saturated heterocycles. The van der Waals surface area contributed by atoms with E-state index in [1.54, 1.807) is 4.57 Å². The number of benzene rings is 2. The van der Waals surface area contributed by atoms with E-state index in [4.69, 9.17) is 4.98 Å². The van der Waals surface area contributed by atoms with Crippen LogP contribution in [0.4, 0.5) is 5.13 Å². The fourth-order valence-electron chi connectivity index (χ4n) is 4.17. The molecule has 7 heteroatoms. The van der Waals surface area contributed by atoms with Crippen LogP contribution in [0.3, 0.4) is 0 Å². The second-order valence-corrected chi connectivity index (χ2v) is 9.03. The zero-order chi connectivity index (χ0) is 21.5. The largest absolute Gasteiger partial charge is 0.348 e. The van der Waals surface area contributed by atoms with Crippen molar-refractivity contribution < 1.29 is 0 Å². The zero-order valence-corrected chi connectivity index (χ0v) is 18.5. The van der Waals surface area contributed by atoms with Gasteiger partial charge in [0.25, 0.3) is 5.56 Å². The predicted octanol–water partition coefficient (Wildman–Crippen LogP) is 3.87. The summed E-state index contributed by atoms with van der Waals surface area (Å²) in [5, 5.41) is 0.824. The van der Waals surface area contributed by atoms with Gasteiger partial charge in [-0.3, -0.25) is 9.36 Å². The summed E-state index contributed by atoms with van der Waals surface area (Å²) in [5.74, 6) is 0. The number of hydrogen-bond donors (Lipinski definition) is 0. The number of nitrogens with zero attached hydrogens (tertiary/aromatic N) is 4. The highest BCUT2D eigenvalue weighted by atomic mass is 32.1. The van der Waals surface area contributed by atoms with Gasteiger partial charge in [0.05, 0.1) is 12.2 Å². The number of fused-ring (bicyclic) bond motifs is 1. The molecule has 0 unspecified atom stereocenters. The number of rotatable bonds is 4. The molecule has 6 nitrogen and oxygen atoms in total. The molecule has 4 aromatic rings. The fourth-order valence-corrected chi connectivity index (χ4v) is 5.22. The third-order valence-electron chi connectivity index (χ3n) is 6.05. The summed E-state index contributed by atoms with van der Waals surface area (Å²) in [5.41, 5.74) is 3.43. The first-order valence-electron chi connectivity index (χ1n) is 10.6. The molecule has 1 fully saturated rings. The molecule has 158 valence electrons. The van der Waals surface area contributed by atoms with Gasteiger partial charge in [0, 0.05) is 13.1 Å². The van der Waals surface area contributed by atoms with Gasteiger partial charge in [-0.15, -0.1) is 0 Å². The molecule has 0 N–H and O–H groups in total. The van der Waals surface area contributed by atoms with Crippen LogP contribution in [0, 0.1) is 13.8 Å². The lowest BCUT2D eigenvalue weighted by Gasteiger charge is -2.14. The van der Waals surface area contributed by atoms with Crippen molar-refractivity contribution in [3.05, 3.63) is 86.1 Å². The Kier molecular flexibility index (Phi) is 4.98. The first kappa shape index (κ1) is 19.8. The lowest BCUT2D eigenvalue weighted by atomic mass is 10.1. The summed E-state index contributed by atoms with van der Waals surface area (Å²) in [6, 6.07) is 15.5. The van der Waals surface area contributed by atoms with Gasteiger partial charge in [0.15, 0.2) is 10.8 Å². The average molecular weight is 433 g/mol. The summed E-state index contributed by atoms with van der Waals surface area (Å²) in [6.45, 7) is 6.18. The molecule has 0 aliphatic carbocycles. The Labute approximate surface area is 184 Å². The molecule has 0 bridgehead atoms. The molecule has 0 amide bonds. The minimum absolute atomic E-state index is 0.291. The predicted molar refractivity (Wildman–Crippen MR) is 126 cm³/mol. The quantitative estimate of drug-likeness (QED) is 0.491. The highest BCUT2D eigenvalue weighted by Crippen LogP contribution is 2.29. The first-order valence-corrected chi connectivity index (χ1v) is 11.4. The lowest BCUT2D eigenvalue weighted by Crippen LogP contribution is -2.39. The lowest BCUT2D eigenvalue weighted by molar-refractivity contribution is 0.707. The van der Waals surface area contributed by atoms with E-state index in [1.807, 2.05) is 62.4 Å². The van der Waals surface area contributed by atoms with Crippen LogP contribution in [0.25, 0.3) is 16.0 Å². The number of aromatic nitrogens is 3. The summed E-state index contributed by atoms with van der Waals surface area (Å²) in [7, 11) is 0. The molecule has 0 atom stereocenters. The standard InChI is InChI=1S/C24H24N4O2S/c1-16-9-8-12-19(17(16)2)28-22(29)20-21(25-23(31-20)26-13-6-7-14-26)27(24(28)30)15-18-10-4-3-5-11-18/h3-5,8-12H,6-7,13-15H2,1-2H3. The van der Waals surface area contributed by atoms with Gasteiger partial charge in [-0.05, 0) is 49.4 Å². The smallest absolute Gasteiger partial charge is 0.337 e. The van der Waals surface area contributed by atoms with Crippen LogP contribution in [0.2, 0.25) is 0 Å². The van der Waals surface area contributed by atoms with E-state index in [0.717, 1.165) is 47.8 Å². The fraction of sp³-hybridized carbons (Fsp3) is 0.292. The van der Waals surface area contributed by atoms with Gasteiger partial charge < -0.3 is 4.90 Å². The van der Waals surface area contributed by atoms with Crippen molar-refractivity contribution in [3.8, 4) is 5.69 Å². The Hall–Kier alpha value is -3.19. The Morgan fingerprint density at radius 1 is 0.968 bits per heavy atom. The van der Waals surface area contributed by atoms with Gasteiger partial charge in [-0.25, -0.2) is 14.3 Å². The third-order valence-corrected chi connectivity index (χ3v) is 7.14. The van der Waals surface area contributed by atoms with Crippen molar-refractivity contribution in [1.29, 1.82) is 0 Å². The summed E-state index contributed by atoms with van der Waals surface area (Å²) < 4.78 is 3.49. The van der Waals surface area contributed by atoms with Gasteiger partial charge in [0.1, 0.15) is 4.70 Å². The minimum Gasteiger partial charge on any atom is -0.348 e. The van der Waals surface area contributed by atoms with Crippen LogP contribution in [0.1, 0.15) is 29.5 Å². The van der Waals surface area contributed by atoms with E-state index < -0.39 is 0 Å². The molecule has 31 heavy (non-hydrogen) atoms. The maximum Gasteiger partial charge on any atom is 0.337 e. The second-order valence-electron chi connectivity index (χ2n) is 8.06. The highest BCUT2D eigenvalue weighted by molar-refractivity contribution is 7.22. The van der Waals surface area contributed by atoms with Gasteiger partial charge >= 0.3 is 5.69 Å². The van der Waals surface area contributed by atoms with E-state index in [0.29, 0.717) is 22.6 Å². The molecule has 0 saturated carbocycles. The second kappa shape index (κ2) is 7.81. The van der Waals surface area contributed by atoms with Gasteiger partial charge in [-0.1, -0.05) is 53.8 Å². The molecular weight excluding hydrogens is 408 g/mol. The van der Waals surface area contributed by atoms with Crippen molar-refractivity contribution in [1.82, 2.24) is 14.1 Å². The molecule has 5 rings (SSSR count). The molecule has 2 aromatic heterocycles. The van der Waals surface area contributed by atoms with E-state index in [9.17, 15) is 9.59 Å². The van der Waals surface area contributed by atoms with Crippen LogP contribution in [-0.2, 0) is 6.54 Å². The van der Waals surface area contributed by atoms with Crippen molar-refractivity contribution in [2.24, 2.45) is 0 Å². The molecule has 0 radical (unpaired) electrons. The number of hydrogen-bond acceptors (Lipinski definition) is 5. The van der Waals surface area contributed by atoms with E-state index in [2.05, 4.69) is 4.90 Å². The highest BCUT2D eigenvalue weighted by Gasteiger charge is 2.23. The Balaban J connectivity index is 1.80. The van der Waals surface area contributed by atoms with Crippen molar-refractivity contribution in [2.45, 2.75) is 33.2 Å². The topological polar surface area (TPSA) is 60.1 Å². The van der Waals surface area contributed by atoms with Crippen LogP contribution >= 0.6 is 11.3 Å². The molecular formula is C24H24N4O2S. The van der Waals surface area contributed by atoms with Gasteiger partial charge in [0.2, 0.25) is 0 Å². The number of anilines is 1. The summed E-state index contributed by atoms with van der Waals surface area (Å²) in [4.78, 5) is 34.2. The van der Waals surface area contributed by atoms with Crippen molar-refractivity contribution in [3.63, 3.8) is 0 Å². The van der Waals surface area contributed by atoms with Crippen LogP contribution < -0.4 is 16.1 Å². The number of aryl methyl sites for hydroxylation is 1. The third kappa shape index (κ3) is 3.39. The molecule has 0 spiro atoms. The zero-order valence-electron chi connectivity index (χ0n) is 17.7. The molecule has 1 aliphatic rings. The Bertz CT molecular complexity index is 1380. The van der Waals surface area contributed by atoms with Gasteiger partial charge in [-0.2, -0.15) is 0 Å². The summed E-state index contributed by atoms with van der Waals surface area (Å²) in [6.07, 6.45) is 2.25. The van der Waals surface area contributed by atoms with Crippen LogP contribution in [0.5, 0.6) is 0 Å². The molecule has 3 heterocycles. The maximum absolute atomic E-state index is 13.7. The SMILES string of the molecule is Cc1cccc(-n2c(=O)c3sc(N4CCCC4)nc3n(Cc3ccccc3)c2=O)c1C. The normalized spacial score (nSPS) is 13.9. The van der Waals surface area contributed by atoms with Crippen molar-refractivity contribution in [2.75, 3.05) is 18.0 Å². The molecule has 1 aliphatic heterocycles. The average Bonchev–Trinajstić information content (AvgIpc) is 3.45.